The zero-order valence-electron chi connectivity index (χ0n) is 13.1. The van der Waals surface area contributed by atoms with Crippen molar-refractivity contribution in [2.45, 2.75) is 19.1 Å². The molecule has 5 nitrogen and oxygen atoms in total. The van der Waals surface area contributed by atoms with Crippen LogP contribution in [0.2, 0.25) is 0 Å². The lowest BCUT2D eigenvalue weighted by atomic mass is 10.2. The number of anilines is 2. The molecule has 1 aliphatic rings. The topological polar surface area (TPSA) is 59.3 Å². The minimum Gasteiger partial charge on any atom is -0.392 e. The predicted octanol–water partition coefficient (Wildman–Crippen LogP) is 3.37. The average molecular weight is 327 g/mol. The van der Waals surface area contributed by atoms with Gasteiger partial charge in [-0.3, -0.25) is 4.98 Å². The lowest BCUT2D eigenvalue weighted by Crippen LogP contribution is -2.06. The molecule has 0 saturated carbocycles. The predicted molar refractivity (Wildman–Crippen MR) is 89.8 cm³/mol. The lowest BCUT2D eigenvalue weighted by Gasteiger charge is -2.11. The van der Waals surface area contributed by atoms with Gasteiger partial charge in [0.2, 0.25) is 0 Å². The molecule has 4 rings (SSSR count). The Morgan fingerprint density at radius 1 is 1.33 bits per heavy atom. The van der Waals surface area contributed by atoms with E-state index in [4.69, 9.17) is 4.74 Å². The Hall–Kier alpha value is -2.44. The molecule has 0 spiro atoms. The van der Waals surface area contributed by atoms with E-state index in [0.29, 0.717) is 12.3 Å². The fraction of sp³-hybridized carbons (Fsp3) is 0.278. The summed E-state index contributed by atoms with van der Waals surface area (Å²) < 4.78 is 21.4. The van der Waals surface area contributed by atoms with Gasteiger partial charge in [0.1, 0.15) is 5.82 Å². The van der Waals surface area contributed by atoms with Crippen molar-refractivity contribution in [2.24, 2.45) is 0 Å². The van der Waals surface area contributed by atoms with Gasteiger partial charge in [-0.1, -0.05) is 0 Å². The number of fused-ring (bicyclic) bond motifs is 1. The first-order valence-corrected chi connectivity index (χ1v) is 7.95. The molecule has 2 aromatic heterocycles. The highest BCUT2D eigenvalue weighted by molar-refractivity contribution is 5.95. The maximum absolute atomic E-state index is 13.8. The number of benzene rings is 1. The molecule has 24 heavy (non-hydrogen) atoms. The second-order valence-electron chi connectivity index (χ2n) is 5.94. The monoisotopic (exact) mass is 327 g/mol. The maximum Gasteiger partial charge on any atom is 0.124 e. The zero-order valence-corrected chi connectivity index (χ0v) is 13.1. The van der Waals surface area contributed by atoms with Gasteiger partial charge in [0.15, 0.2) is 0 Å². The van der Waals surface area contributed by atoms with Crippen molar-refractivity contribution in [3.63, 3.8) is 0 Å². The molecule has 3 aromatic rings. The van der Waals surface area contributed by atoms with E-state index in [2.05, 4.69) is 14.9 Å². The molecule has 2 N–H and O–H groups in total. The Labute approximate surface area is 138 Å². The smallest absolute Gasteiger partial charge is 0.124 e. The second-order valence-corrected chi connectivity index (χ2v) is 5.94. The second kappa shape index (κ2) is 6.22. The summed E-state index contributed by atoms with van der Waals surface area (Å²) in [5.41, 5.74) is 3.21. The Morgan fingerprint density at radius 2 is 2.25 bits per heavy atom. The molecule has 0 radical (unpaired) electrons. The number of aliphatic hydroxyl groups is 1. The molecule has 1 unspecified atom stereocenters. The van der Waals surface area contributed by atoms with Crippen LogP contribution in [0.1, 0.15) is 18.0 Å². The number of hydrogen-bond acceptors (Lipinski definition) is 4. The molecule has 0 aliphatic carbocycles. The van der Waals surface area contributed by atoms with Crippen LogP contribution < -0.4 is 5.32 Å². The number of halogens is 1. The maximum atomic E-state index is 13.8. The normalized spacial score (nSPS) is 17.5. The van der Waals surface area contributed by atoms with Gasteiger partial charge in [0, 0.05) is 30.0 Å². The number of nitrogens with zero attached hydrogens (tertiary/aromatic N) is 2. The SMILES string of the molecule is OCc1ccncc1Nc1cn(C2CCOC2)c2ccc(F)cc12. The highest BCUT2D eigenvalue weighted by Crippen LogP contribution is 2.34. The number of pyridine rings is 1. The number of ether oxygens (including phenoxy) is 1. The van der Waals surface area contributed by atoms with Gasteiger partial charge < -0.3 is 19.7 Å². The highest BCUT2D eigenvalue weighted by atomic mass is 19.1. The molecule has 1 saturated heterocycles. The molecular formula is C18H18FN3O2. The van der Waals surface area contributed by atoms with E-state index in [0.717, 1.165) is 35.2 Å². The van der Waals surface area contributed by atoms with Gasteiger partial charge in [-0.05, 0) is 30.7 Å². The first-order chi connectivity index (χ1) is 11.8. The van der Waals surface area contributed by atoms with Crippen LogP contribution in [0.4, 0.5) is 15.8 Å². The van der Waals surface area contributed by atoms with Crippen molar-refractivity contribution in [1.82, 2.24) is 9.55 Å². The fourth-order valence-corrected chi connectivity index (χ4v) is 3.19. The van der Waals surface area contributed by atoms with Crippen molar-refractivity contribution in [1.29, 1.82) is 0 Å². The molecule has 1 fully saturated rings. The minimum absolute atomic E-state index is 0.0890. The Bertz CT molecular complexity index is 872. The first kappa shape index (κ1) is 15.1. The number of aliphatic hydroxyl groups excluding tert-OH is 1. The van der Waals surface area contributed by atoms with Crippen LogP contribution in [0.5, 0.6) is 0 Å². The van der Waals surface area contributed by atoms with E-state index in [1.54, 1.807) is 24.5 Å². The van der Waals surface area contributed by atoms with Crippen molar-refractivity contribution in [3.8, 4) is 0 Å². The molecule has 0 bridgehead atoms. The van der Waals surface area contributed by atoms with Crippen LogP contribution in [0.25, 0.3) is 10.9 Å². The van der Waals surface area contributed by atoms with E-state index in [1.807, 2.05) is 6.20 Å². The van der Waals surface area contributed by atoms with Crippen LogP contribution in [0.15, 0.2) is 42.9 Å². The van der Waals surface area contributed by atoms with Gasteiger partial charge in [0.05, 0.1) is 42.3 Å². The summed E-state index contributed by atoms with van der Waals surface area (Å²) in [6.07, 6.45) is 6.22. The zero-order chi connectivity index (χ0) is 16.5. The van der Waals surface area contributed by atoms with Crippen LogP contribution in [0.3, 0.4) is 0 Å². The van der Waals surface area contributed by atoms with E-state index in [9.17, 15) is 9.50 Å². The average Bonchev–Trinajstić information content (AvgIpc) is 3.23. The fourth-order valence-electron chi connectivity index (χ4n) is 3.19. The number of rotatable bonds is 4. The molecule has 3 heterocycles. The molecule has 6 heteroatoms. The minimum atomic E-state index is -0.278. The van der Waals surface area contributed by atoms with Gasteiger partial charge in [0.25, 0.3) is 0 Å². The first-order valence-electron chi connectivity index (χ1n) is 7.95. The summed E-state index contributed by atoms with van der Waals surface area (Å²) in [6.45, 7) is 1.31. The molecule has 1 atom stereocenters. The van der Waals surface area contributed by atoms with Gasteiger partial charge in [-0.2, -0.15) is 0 Å². The molecule has 0 amide bonds. The van der Waals surface area contributed by atoms with Crippen LogP contribution in [-0.4, -0.2) is 27.9 Å². The van der Waals surface area contributed by atoms with Crippen LogP contribution >= 0.6 is 0 Å². The number of nitrogens with one attached hydrogen (secondary N) is 1. The standard InChI is InChI=1S/C18H18FN3O2/c19-13-1-2-18-15(7-13)17(9-22(18)14-4-6-24-11-14)21-16-8-20-5-3-12(16)10-23/h1-3,5,7-9,14,21,23H,4,6,10-11H2. The Kier molecular flexibility index (Phi) is 3.92. The van der Waals surface area contributed by atoms with Crippen molar-refractivity contribution >= 4 is 22.3 Å². The summed E-state index contributed by atoms with van der Waals surface area (Å²) in [4.78, 5) is 4.10. The molecule has 1 aliphatic heterocycles. The van der Waals surface area contributed by atoms with E-state index in [-0.39, 0.29) is 18.5 Å². The van der Waals surface area contributed by atoms with Crippen molar-refractivity contribution in [2.75, 3.05) is 18.5 Å². The van der Waals surface area contributed by atoms with Gasteiger partial charge in [-0.25, -0.2) is 4.39 Å². The third kappa shape index (κ3) is 2.64. The molecule has 1 aromatic carbocycles. The van der Waals surface area contributed by atoms with E-state index < -0.39 is 0 Å². The van der Waals surface area contributed by atoms with Gasteiger partial charge >= 0.3 is 0 Å². The van der Waals surface area contributed by atoms with E-state index in [1.165, 1.54) is 12.1 Å². The number of aromatic nitrogens is 2. The third-order valence-corrected chi connectivity index (χ3v) is 4.45. The number of hydrogen-bond donors (Lipinski definition) is 2. The van der Waals surface area contributed by atoms with Crippen molar-refractivity contribution < 1.29 is 14.2 Å². The molecule has 124 valence electrons. The largest absolute Gasteiger partial charge is 0.392 e. The lowest BCUT2D eigenvalue weighted by molar-refractivity contribution is 0.187. The summed E-state index contributed by atoms with van der Waals surface area (Å²) >= 11 is 0. The quantitative estimate of drug-likeness (QED) is 0.771. The third-order valence-electron chi connectivity index (χ3n) is 4.45. The van der Waals surface area contributed by atoms with Crippen LogP contribution in [-0.2, 0) is 11.3 Å². The summed E-state index contributed by atoms with van der Waals surface area (Å²) in [5, 5.41) is 13.6. The van der Waals surface area contributed by atoms with Gasteiger partial charge in [-0.15, -0.1) is 0 Å². The summed E-state index contributed by atoms with van der Waals surface area (Å²) in [6, 6.07) is 6.80. The summed E-state index contributed by atoms with van der Waals surface area (Å²) in [7, 11) is 0. The highest BCUT2D eigenvalue weighted by Gasteiger charge is 2.21. The Morgan fingerprint density at radius 3 is 3.04 bits per heavy atom. The van der Waals surface area contributed by atoms with E-state index >= 15 is 0 Å². The summed E-state index contributed by atoms with van der Waals surface area (Å²) in [5.74, 6) is -0.278. The molecular weight excluding hydrogens is 309 g/mol. The Balaban J connectivity index is 1.81. The van der Waals surface area contributed by atoms with Crippen LogP contribution in [0, 0.1) is 5.82 Å². The van der Waals surface area contributed by atoms with Crippen molar-refractivity contribution in [3.05, 3.63) is 54.2 Å².